The fourth-order valence-electron chi connectivity index (χ4n) is 3.53. The Morgan fingerprint density at radius 2 is 2.15 bits per heavy atom. The number of carbonyl (C=O) groups is 1. The van der Waals surface area contributed by atoms with Crippen molar-refractivity contribution in [2.45, 2.75) is 37.2 Å². The quantitative estimate of drug-likeness (QED) is 0.583. The van der Waals surface area contributed by atoms with Gasteiger partial charge in [-0.15, -0.1) is 11.8 Å². The molecule has 0 radical (unpaired) electrons. The number of thioether (sulfide) groups is 1. The van der Waals surface area contributed by atoms with Crippen molar-refractivity contribution in [3.05, 3.63) is 46.5 Å². The van der Waals surface area contributed by atoms with Crippen molar-refractivity contribution in [3.8, 4) is 0 Å². The van der Waals surface area contributed by atoms with Crippen LogP contribution >= 0.6 is 24.0 Å². The molecule has 144 valence electrons. The first-order chi connectivity index (χ1) is 13.2. The minimum absolute atomic E-state index is 0.0952. The SMILES string of the molecule is COC(=O)[C@H]1C[NH+](Cn2nc(C3CC3)n(Cc3ccccc3)c2=S)CCS1. The van der Waals surface area contributed by atoms with Crippen molar-refractivity contribution >= 4 is 29.9 Å². The molecule has 4 rings (SSSR count). The van der Waals surface area contributed by atoms with E-state index in [1.165, 1.54) is 30.4 Å². The standard InChI is InChI=1S/C19H24N4O2S2/c1-25-18(24)16-12-21(9-10-27-16)13-23-19(26)22(17(20-23)15-7-8-15)11-14-5-3-2-4-6-14/h2-6,15-16H,7-13H2,1H3/p+1/t16-/m1/s1. The number of hydrogen-bond donors (Lipinski definition) is 1. The van der Waals surface area contributed by atoms with Gasteiger partial charge in [0.1, 0.15) is 12.4 Å². The van der Waals surface area contributed by atoms with Gasteiger partial charge in [-0.3, -0.25) is 9.36 Å². The van der Waals surface area contributed by atoms with Gasteiger partial charge in [0.15, 0.2) is 11.9 Å². The van der Waals surface area contributed by atoms with Gasteiger partial charge in [0, 0.05) is 11.7 Å². The van der Waals surface area contributed by atoms with E-state index >= 15 is 0 Å². The minimum Gasteiger partial charge on any atom is -0.468 e. The number of benzene rings is 1. The van der Waals surface area contributed by atoms with Crippen molar-refractivity contribution in [2.24, 2.45) is 0 Å². The summed E-state index contributed by atoms with van der Waals surface area (Å²) in [6, 6.07) is 10.4. The topological polar surface area (TPSA) is 53.5 Å². The summed E-state index contributed by atoms with van der Waals surface area (Å²) < 4.78 is 9.86. The molecule has 27 heavy (non-hydrogen) atoms. The Bertz CT molecular complexity index is 860. The normalized spacial score (nSPS) is 22.6. The number of hydrogen-bond acceptors (Lipinski definition) is 5. The highest BCUT2D eigenvalue weighted by molar-refractivity contribution is 8.00. The molecule has 0 bridgehead atoms. The van der Waals surface area contributed by atoms with Crippen LogP contribution in [-0.2, 0) is 22.7 Å². The van der Waals surface area contributed by atoms with Gasteiger partial charge in [-0.25, -0.2) is 0 Å². The predicted octanol–water partition coefficient (Wildman–Crippen LogP) is 1.47. The van der Waals surface area contributed by atoms with Gasteiger partial charge in [0.2, 0.25) is 4.77 Å². The first-order valence-electron chi connectivity index (χ1n) is 9.40. The van der Waals surface area contributed by atoms with Crippen LogP contribution in [-0.4, -0.2) is 51.5 Å². The average Bonchev–Trinajstić information content (AvgIpc) is 3.50. The van der Waals surface area contributed by atoms with Crippen molar-refractivity contribution in [1.82, 2.24) is 14.3 Å². The van der Waals surface area contributed by atoms with Gasteiger partial charge in [0.05, 0.1) is 20.2 Å². The first kappa shape index (κ1) is 18.7. The number of methoxy groups -OCH3 is 1. The lowest BCUT2D eigenvalue weighted by molar-refractivity contribution is -0.921. The highest BCUT2D eigenvalue weighted by Crippen LogP contribution is 2.39. The third-order valence-corrected chi connectivity index (χ3v) is 6.80. The number of rotatable bonds is 6. The summed E-state index contributed by atoms with van der Waals surface area (Å²) in [5.41, 5.74) is 1.24. The summed E-state index contributed by atoms with van der Waals surface area (Å²) in [6.07, 6.45) is 2.39. The number of nitrogens with zero attached hydrogens (tertiary/aromatic N) is 3. The molecule has 1 aromatic carbocycles. The molecular weight excluding hydrogens is 380 g/mol. The molecule has 2 atom stereocenters. The van der Waals surface area contributed by atoms with E-state index in [1.807, 2.05) is 10.7 Å². The number of esters is 1. The molecule has 1 unspecified atom stereocenters. The summed E-state index contributed by atoms with van der Waals surface area (Å²) in [5, 5.41) is 4.79. The van der Waals surface area contributed by atoms with Crippen molar-refractivity contribution in [2.75, 3.05) is 26.0 Å². The van der Waals surface area contributed by atoms with E-state index < -0.39 is 0 Å². The van der Waals surface area contributed by atoms with E-state index in [2.05, 4.69) is 28.8 Å². The second-order valence-corrected chi connectivity index (χ2v) is 8.91. The number of carbonyl (C=O) groups excluding carboxylic acids is 1. The Morgan fingerprint density at radius 1 is 1.37 bits per heavy atom. The molecular formula is C19H25N4O2S2+. The van der Waals surface area contributed by atoms with E-state index in [0.29, 0.717) is 12.6 Å². The van der Waals surface area contributed by atoms with Gasteiger partial charge < -0.3 is 9.64 Å². The highest BCUT2D eigenvalue weighted by atomic mass is 32.2. The molecule has 2 aliphatic rings. The molecule has 1 saturated carbocycles. The minimum atomic E-state index is -0.130. The number of quaternary nitrogens is 1. The fourth-order valence-corrected chi connectivity index (χ4v) is 5.07. The van der Waals surface area contributed by atoms with Crippen molar-refractivity contribution in [1.29, 1.82) is 0 Å². The molecule has 8 heteroatoms. The predicted molar refractivity (Wildman–Crippen MR) is 108 cm³/mol. The zero-order valence-corrected chi connectivity index (χ0v) is 17.1. The summed E-state index contributed by atoms with van der Waals surface area (Å²) in [4.78, 5) is 13.2. The molecule has 0 amide bonds. The molecule has 0 spiro atoms. The Morgan fingerprint density at radius 3 is 2.85 bits per heavy atom. The Kier molecular flexibility index (Phi) is 5.66. The van der Waals surface area contributed by atoms with Crippen molar-refractivity contribution in [3.63, 3.8) is 0 Å². The summed E-state index contributed by atoms with van der Waals surface area (Å²) in [6.45, 7) is 3.23. The highest BCUT2D eigenvalue weighted by Gasteiger charge is 2.33. The van der Waals surface area contributed by atoms with E-state index in [0.717, 1.165) is 36.0 Å². The van der Waals surface area contributed by atoms with Crippen LogP contribution in [0, 0.1) is 4.77 Å². The first-order valence-corrected chi connectivity index (χ1v) is 10.9. The van der Waals surface area contributed by atoms with Crippen LogP contribution in [0.25, 0.3) is 0 Å². The molecule has 2 fully saturated rings. The van der Waals surface area contributed by atoms with Crippen LogP contribution in [0.3, 0.4) is 0 Å². The van der Waals surface area contributed by atoms with Crippen LogP contribution < -0.4 is 4.90 Å². The van der Waals surface area contributed by atoms with Crippen LogP contribution in [0.1, 0.15) is 30.1 Å². The van der Waals surface area contributed by atoms with Gasteiger partial charge in [0.25, 0.3) is 0 Å². The Balaban J connectivity index is 1.54. The third-order valence-electron chi connectivity index (χ3n) is 5.16. The largest absolute Gasteiger partial charge is 0.468 e. The van der Waals surface area contributed by atoms with Crippen LogP contribution in [0.15, 0.2) is 30.3 Å². The molecule has 2 heterocycles. The van der Waals surface area contributed by atoms with E-state index in [4.69, 9.17) is 22.1 Å². The molecule has 6 nitrogen and oxygen atoms in total. The van der Waals surface area contributed by atoms with E-state index in [-0.39, 0.29) is 11.2 Å². The summed E-state index contributed by atoms with van der Waals surface area (Å²) in [7, 11) is 1.46. The molecule has 1 aliphatic carbocycles. The molecule has 1 aliphatic heterocycles. The van der Waals surface area contributed by atoms with Gasteiger partial charge >= 0.3 is 5.97 Å². The monoisotopic (exact) mass is 405 g/mol. The fraction of sp³-hybridized carbons (Fsp3) is 0.526. The van der Waals surface area contributed by atoms with Crippen LogP contribution in [0.4, 0.5) is 0 Å². The lowest BCUT2D eigenvalue weighted by atomic mass is 10.2. The maximum absolute atomic E-state index is 11.9. The smallest absolute Gasteiger partial charge is 0.324 e. The van der Waals surface area contributed by atoms with E-state index in [9.17, 15) is 4.79 Å². The number of nitrogens with one attached hydrogen (secondary N) is 1. The Hall–Kier alpha value is -1.64. The summed E-state index contributed by atoms with van der Waals surface area (Å²) in [5.74, 6) is 2.46. The maximum Gasteiger partial charge on any atom is 0.324 e. The van der Waals surface area contributed by atoms with Crippen LogP contribution in [0.2, 0.25) is 0 Å². The van der Waals surface area contributed by atoms with Gasteiger partial charge in [-0.2, -0.15) is 9.78 Å². The lowest BCUT2D eigenvalue weighted by Gasteiger charge is -2.27. The third kappa shape index (κ3) is 4.28. The molecule has 1 N–H and O–H groups in total. The van der Waals surface area contributed by atoms with Crippen molar-refractivity contribution < 1.29 is 14.4 Å². The second-order valence-electron chi connectivity index (χ2n) is 7.23. The zero-order valence-electron chi connectivity index (χ0n) is 15.5. The average molecular weight is 406 g/mol. The second kappa shape index (κ2) is 8.16. The molecule has 1 saturated heterocycles. The van der Waals surface area contributed by atoms with Gasteiger partial charge in [-0.1, -0.05) is 30.3 Å². The van der Waals surface area contributed by atoms with E-state index in [1.54, 1.807) is 11.8 Å². The number of ether oxygens (including phenoxy) is 1. The Labute approximate surface area is 168 Å². The maximum atomic E-state index is 11.9. The molecule has 2 aromatic rings. The molecule has 1 aromatic heterocycles. The van der Waals surface area contributed by atoms with Crippen LogP contribution in [0.5, 0.6) is 0 Å². The number of aromatic nitrogens is 3. The summed E-state index contributed by atoms with van der Waals surface area (Å²) >= 11 is 7.47. The van der Waals surface area contributed by atoms with Gasteiger partial charge in [-0.05, 0) is 30.6 Å². The lowest BCUT2D eigenvalue weighted by Crippen LogP contribution is -3.14. The zero-order chi connectivity index (χ0) is 18.8.